The van der Waals surface area contributed by atoms with Crippen molar-refractivity contribution < 1.29 is 8.42 Å². The summed E-state index contributed by atoms with van der Waals surface area (Å²) in [6.45, 7) is 0.485. The van der Waals surface area contributed by atoms with Crippen LogP contribution in [0.5, 0.6) is 0 Å². The average Bonchev–Trinajstić information content (AvgIpc) is 2.99. The van der Waals surface area contributed by atoms with Crippen LogP contribution in [0.1, 0.15) is 25.7 Å². The van der Waals surface area contributed by atoms with Gasteiger partial charge in [-0.3, -0.25) is 4.40 Å². The monoisotopic (exact) mass is 314 g/mol. The lowest BCUT2D eigenvalue weighted by Crippen LogP contribution is -2.26. The van der Waals surface area contributed by atoms with Crippen molar-refractivity contribution in [3.63, 3.8) is 0 Å². The summed E-state index contributed by atoms with van der Waals surface area (Å²) in [6, 6.07) is 0. The van der Waals surface area contributed by atoms with Gasteiger partial charge in [0.05, 0.1) is 0 Å². The molecule has 0 bridgehead atoms. The molecule has 2 N–H and O–H groups in total. The highest BCUT2D eigenvalue weighted by molar-refractivity contribution is 7.89. The number of aromatic nitrogens is 2. The Hall–Kier alpha value is -1.12. The van der Waals surface area contributed by atoms with Crippen LogP contribution < -0.4 is 10.0 Å². The summed E-state index contributed by atoms with van der Waals surface area (Å²) < 4.78 is 29.2. The van der Waals surface area contributed by atoms with Gasteiger partial charge in [0.25, 0.3) is 10.0 Å². The Labute approximate surface area is 122 Å². The standard InChI is InChI=1S/C12H18N4O2S2/c1-13-10-11(16-7-8-19-12(16)15-10)20(17,18)14-6-2-3-9-4-5-9/h7-9,13-14H,2-6H2,1H3. The fraction of sp³-hybridized carbons (Fsp3) is 0.583. The van der Waals surface area contributed by atoms with Crippen molar-refractivity contribution in [2.75, 3.05) is 18.9 Å². The molecule has 8 heteroatoms. The van der Waals surface area contributed by atoms with E-state index in [1.807, 2.05) is 5.38 Å². The Morgan fingerprint density at radius 1 is 1.50 bits per heavy atom. The van der Waals surface area contributed by atoms with Gasteiger partial charge in [0.2, 0.25) is 0 Å². The highest BCUT2D eigenvalue weighted by atomic mass is 32.2. The van der Waals surface area contributed by atoms with E-state index in [4.69, 9.17) is 0 Å². The molecular weight excluding hydrogens is 296 g/mol. The van der Waals surface area contributed by atoms with Crippen LogP contribution >= 0.6 is 11.3 Å². The predicted octanol–water partition coefficient (Wildman–Crippen LogP) is 1.91. The molecule has 1 aliphatic rings. The number of nitrogens with one attached hydrogen (secondary N) is 2. The van der Waals surface area contributed by atoms with Gasteiger partial charge in [-0.05, 0) is 18.8 Å². The smallest absolute Gasteiger partial charge is 0.260 e. The number of fused-ring (bicyclic) bond motifs is 1. The molecule has 1 saturated carbocycles. The molecule has 2 heterocycles. The van der Waals surface area contributed by atoms with Crippen LogP contribution in [0.15, 0.2) is 16.6 Å². The molecule has 0 radical (unpaired) electrons. The highest BCUT2D eigenvalue weighted by Gasteiger charge is 2.25. The van der Waals surface area contributed by atoms with E-state index in [1.54, 1.807) is 17.6 Å². The Morgan fingerprint density at radius 3 is 3.00 bits per heavy atom. The lowest BCUT2D eigenvalue weighted by Gasteiger charge is -2.07. The molecule has 0 amide bonds. The number of sulfonamides is 1. The molecule has 0 spiro atoms. The summed E-state index contributed by atoms with van der Waals surface area (Å²) in [4.78, 5) is 4.95. The minimum absolute atomic E-state index is 0.197. The summed E-state index contributed by atoms with van der Waals surface area (Å²) in [5.74, 6) is 1.22. The topological polar surface area (TPSA) is 75.5 Å². The second kappa shape index (κ2) is 5.34. The van der Waals surface area contributed by atoms with Crippen LogP contribution in [-0.4, -0.2) is 31.4 Å². The molecule has 3 rings (SSSR count). The zero-order valence-electron chi connectivity index (χ0n) is 11.3. The molecule has 1 aliphatic carbocycles. The van der Waals surface area contributed by atoms with Crippen molar-refractivity contribution in [1.29, 1.82) is 0 Å². The first kappa shape index (κ1) is 13.8. The summed E-state index contributed by atoms with van der Waals surface area (Å²) in [6.07, 6.45) is 6.34. The van der Waals surface area contributed by atoms with E-state index in [1.165, 1.54) is 24.2 Å². The lowest BCUT2D eigenvalue weighted by molar-refractivity contribution is 0.568. The van der Waals surface area contributed by atoms with Crippen LogP contribution in [0, 0.1) is 5.92 Å². The van der Waals surface area contributed by atoms with Crippen molar-refractivity contribution in [2.24, 2.45) is 5.92 Å². The fourth-order valence-corrected chi connectivity index (χ4v) is 4.39. The largest absolute Gasteiger partial charge is 0.371 e. The molecule has 2 aromatic rings. The minimum Gasteiger partial charge on any atom is -0.371 e. The fourth-order valence-electron chi connectivity index (χ4n) is 2.26. The lowest BCUT2D eigenvalue weighted by atomic mass is 10.2. The van der Waals surface area contributed by atoms with E-state index in [9.17, 15) is 8.42 Å². The first-order valence-corrected chi connectivity index (χ1v) is 9.11. The van der Waals surface area contributed by atoms with Crippen LogP contribution in [0.3, 0.4) is 0 Å². The molecular formula is C12H18N4O2S2. The average molecular weight is 314 g/mol. The first-order valence-electron chi connectivity index (χ1n) is 6.75. The summed E-state index contributed by atoms with van der Waals surface area (Å²) in [5.41, 5.74) is 0. The third-order valence-electron chi connectivity index (χ3n) is 3.49. The van der Waals surface area contributed by atoms with Gasteiger partial charge in [-0.1, -0.05) is 12.8 Å². The van der Waals surface area contributed by atoms with Gasteiger partial charge in [-0.25, -0.2) is 18.1 Å². The molecule has 1 fully saturated rings. The molecule has 110 valence electrons. The number of anilines is 1. The van der Waals surface area contributed by atoms with Crippen molar-refractivity contribution >= 4 is 32.1 Å². The zero-order valence-corrected chi connectivity index (χ0v) is 12.9. The Balaban J connectivity index is 1.78. The molecule has 6 nitrogen and oxygen atoms in total. The van der Waals surface area contributed by atoms with Crippen LogP contribution in [-0.2, 0) is 10.0 Å². The van der Waals surface area contributed by atoms with Crippen LogP contribution in [0.25, 0.3) is 4.96 Å². The number of imidazole rings is 1. The summed E-state index contributed by atoms with van der Waals surface area (Å²) >= 11 is 1.41. The third-order valence-corrected chi connectivity index (χ3v) is 5.73. The number of thiazole rings is 1. The van der Waals surface area contributed by atoms with E-state index in [-0.39, 0.29) is 5.03 Å². The number of nitrogens with zero attached hydrogens (tertiary/aromatic N) is 2. The Kier molecular flexibility index (Phi) is 3.70. The normalized spacial score (nSPS) is 15.8. The van der Waals surface area contributed by atoms with Crippen LogP contribution in [0.2, 0.25) is 0 Å². The van der Waals surface area contributed by atoms with Crippen molar-refractivity contribution in [3.8, 4) is 0 Å². The van der Waals surface area contributed by atoms with Gasteiger partial charge >= 0.3 is 0 Å². The molecule has 0 unspecified atom stereocenters. The van der Waals surface area contributed by atoms with Gasteiger partial charge in [0, 0.05) is 25.2 Å². The van der Waals surface area contributed by atoms with Crippen molar-refractivity contribution in [2.45, 2.75) is 30.7 Å². The van der Waals surface area contributed by atoms with E-state index in [2.05, 4.69) is 15.0 Å². The van der Waals surface area contributed by atoms with E-state index in [0.717, 1.165) is 18.8 Å². The van der Waals surface area contributed by atoms with Gasteiger partial charge < -0.3 is 5.32 Å². The van der Waals surface area contributed by atoms with E-state index >= 15 is 0 Å². The first-order chi connectivity index (χ1) is 9.62. The number of hydrogen-bond donors (Lipinski definition) is 2. The Morgan fingerprint density at radius 2 is 2.30 bits per heavy atom. The maximum absolute atomic E-state index is 12.4. The maximum atomic E-state index is 12.4. The molecule has 20 heavy (non-hydrogen) atoms. The molecule has 0 atom stereocenters. The van der Waals surface area contributed by atoms with Gasteiger partial charge in [0.15, 0.2) is 15.8 Å². The molecule has 0 aromatic carbocycles. The van der Waals surface area contributed by atoms with Crippen molar-refractivity contribution in [1.82, 2.24) is 14.1 Å². The second-order valence-electron chi connectivity index (χ2n) is 5.05. The quantitative estimate of drug-likeness (QED) is 0.766. The summed E-state index contributed by atoms with van der Waals surface area (Å²) in [5, 5.41) is 4.88. The van der Waals surface area contributed by atoms with E-state index in [0.29, 0.717) is 17.3 Å². The molecule has 0 aliphatic heterocycles. The maximum Gasteiger partial charge on any atom is 0.260 e. The van der Waals surface area contributed by atoms with Gasteiger partial charge in [-0.15, -0.1) is 11.3 Å². The third kappa shape index (κ3) is 2.68. The number of hydrogen-bond acceptors (Lipinski definition) is 5. The number of rotatable bonds is 7. The van der Waals surface area contributed by atoms with Crippen LogP contribution in [0.4, 0.5) is 5.82 Å². The van der Waals surface area contributed by atoms with Gasteiger partial charge in [0.1, 0.15) is 0 Å². The molecule has 2 aromatic heterocycles. The summed E-state index contributed by atoms with van der Waals surface area (Å²) in [7, 11) is -1.86. The Bertz CT molecular complexity index is 700. The second-order valence-corrected chi connectivity index (χ2v) is 7.61. The predicted molar refractivity (Wildman–Crippen MR) is 79.8 cm³/mol. The molecule has 0 saturated heterocycles. The highest BCUT2D eigenvalue weighted by Crippen LogP contribution is 2.33. The SMILES string of the molecule is CNc1nc2sccn2c1S(=O)(=O)NCCCC1CC1. The van der Waals surface area contributed by atoms with Crippen molar-refractivity contribution in [3.05, 3.63) is 11.6 Å². The van der Waals surface area contributed by atoms with E-state index < -0.39 is 10.0 Å². The minimum atomic E-state index is -3.54. The zero-order chi connectivity index (χ0) is 14.2. The van der Waals surface area contributed by atoms with Gasteiger partial charge in [-0.2, -0.15) is 0 Å².